The zero-order valence-electron chi connectivity index (χ0n) is 13.2. The van der Waals surface area contributed by atoms with Crippen molar-refractivity contribution in [3.63, 3.8) is 0 Å². The van der Waals surface area contributed by atoms with Gasteiger partial charge in [-0.25, -0.2) is 0 Å². The van der Waals surface area contributed by atoms with Gasteiger partial charge in [0.1, 0.15) is 11.5 Å². The van der Waals surface area contributed by atoms with Crippen LogP contribution in [0.25, 0.3) is 0 Å². The van der Waals surface area contributed by atoms with Crippen LogP contribution >= 0.6 is 11.8 Å². The molecule has 2 saturated heterocycles. The van der Waals surface area contributed by atoms with E-state index in [0.717, 1.165) is 36.9 Å². The van der Waals surface area contributed by atoms with Crippen LogP contribution in [0, 0.1) is 0 Å². The van der Waals surface area contributed by atoms with Crippen LogP contribution in [0.15, 0.2) is 16.5 Å². The van der Waals surface area contributed by atoms with E-state index in [9.17, 15) is 0 Å². The van der Waals surface area contributed by atoms with Crippen LogP contribution in [0.3, 0.4) is 0 Å². The molecule has 0 aliphatic carbocycles. The maximum Gasteiger partial charge on any atom is 0.118 e. The number of hydrogen-bond donors (Lipinski definition) is 0. The molecule has 0 spiro atoms. The summed E-state index contributed by atoms with van der Waals surface area (Å²) in [7, 11) is 0. The minimum absolute atomic E-state index is 0.828. The predicted octanol–water partition coefficient (Wildman–Crippen LogP) is 3.25. The third kappa shape index (κ3) is 4.27. The molecule has 1 aromatic heterocycles. The maximum absolute atomic E-state index is 5.92. The van der Waals surface area contributed by atoms with Crippen LogP contribution in [-0.2, 0) is 13.0 Å². The Balaban J connectivity index is 1.44. The van der Waals surface area contributed by atoms with E-state index in [0.29, 0.717) is 0 Å². The highest BCUT2D eigenvalue weighted by Gasteiger charge is 2.25. The van der Waals surface area contributed by atoms with E-state index < -0.39 is 0 Å². The van der Waals surface area contributed by atoms with Gasteiger partial charge in [-0.1, -0.05) is 6.92 Å². The van der Waals surface area contributed by atoms with E-state index in [4.69, 9.17) is 4.42 Å². The second kappa shape index (κ2) is 7.70. The number of likely N-dealkylation sites (tertiary alicyclic amines) is 1. The Bertz CT molecular complexity index is 420. The lowest BCUT2D eigenvalue weighted by Crippen LogP contribution is -2.47. The summed E-state index contributed by atoms with van der Waals surface area (Å²) in [5.41, 5.74) is 0. The summed E-state index contributed by atoms with van der Waals surface area (Å²) in [6, 6.07) is 5.14. The van der Waals surface area contributed by atoms with Crippen molar-refractivity contribution in [3.8, 4) is 0 Å². The maximum atomic E-state index is 5.92. The van der Waals surface area contributed by atoms with Crippen molar-refractivity contribution in [2.45, 2.75) is 45.2 Å². The van der Waals surface area contributed by atoms with Gasteiger partial charge in [0.15, 0.2) is 0 Å². The summed E-state index contributed by atoms with van der Waals surface area (Å²) in [6.07, 6.45) is 4.88. The lowest BCUT2D eigenvalue weighted by atomic mass is 10.0. The van der Waals surface area contributed by atoms with Crippen molar-refractivity contribution in [1.82, 2.24) is 9.80 Å². The normalized spacial score (nSPS) is 22.7. The second-order valence-corrected chi connectivity index (χ2v) is 7.50. The van der Waals surface area contributed by atoms with Gasteiger partial charge in [0.05, 0.1) is 6.54 Å². The zero-order valence-corrected chi connectivity index (χ0v) is 14.0. The standard InChI is InChI=1S/C17H28N2OS/c1-2-3-16-4-5-17(20-16)14-18-8-6-15(7-9-18)19-10-12-21-13-11-19/h4-5,15H,2-3,6-14H2,1H3. The Kier molecular flexibility index (Phi) is 5.67. The molecule has 0 saturated carbocycles. The van der Waals surface area contributed by atoms with E-state index >= 15 is 0 Å². The number of thioether (sulfide) groups is 1. The van der Waals surface area contributed by atoms with Gasteiger partial charge in [-0.15, -0.1) is 0 Å². The Morgan fingerprint density at radius 3 is 2.52 bits per heavy atom. The summed E-state index contributed by atoms with van der Waals surface area (Å²) in [4.78, 5) is 5.28. The number of rotatable bonds is 5. The highest BCUT2D eigenvalue weighted by Crippen LogP contribution is 2.22. The molecule has 2 fully saturated rings. The molecule has 118 valence electrons. The Morgan fingerprint density at radius 2 is 1.81 bits per heavy atom. The largest absolute Gasteiger partial charge is 0.465 e. The molecule has 0 amide bonds. The van der Waals surface area contributed by atoms with E-state index in [1.807, 2.05) is 0 Å². The van der Waals surface area contributed by atoms with Gasteiger partial charge in [-0.05, 0) is 31.4 Å². The Morgan fingerprint density at radius 1 is 1.10 bits per heavy atom. The molecule has 0 N–H and O–H groups in total. The Labute approximate surface area is 133 Å². The number of piperidine rings is 1. The second-order valence-electron chi connectivity index (χ2n) is 6.27. The van der Waals surface area contributed by atoms with Crippen molar-refractivity contribution < 1.29 is 4.42 Å². The van der Waals surface area contributed by atoms with Gasteiger partial charge in [-0.2, -0.15) is 11.8 Å². The predicted molar refractivity (Wildman–Crippen MR) is 89.9 cm³/mol. The van der Waals surface area contributed by atoms with E-state index in [1.54, 1.807) is 0 Å². The minimum atomic E-state index is 0.828. The van der Waals surface area contributed by atoms with Gasteiger partial charge < -0.3 is 4.42 Å². The van der Waals surface area contributed by atoms with E-state index in [-0.39, 0.29) is 0 Å². The third-order valence-corrected chi connectivity index (χ3v) is 5.65. The first-order valence-corrected chi connectivity index (χ1v) is 9.62. The minimum Gasteiger partial charge on any atom is -0.465 e. The number of furan rings is 1. The molecule has 1 aromatic rings. The molecule has 3 rings (SSSR count). The van der Waals surface area contributed by atoms with Crippen LogP contribution in [0.4, 0.5) is 0 Å². The number of aryl methyl sites for hydroxylation is 1. The van der Waals surface area contributed by atoms with E-state index in [1.165, 1.54) is 50.5 Å². The highest BCUT2D eigenvalue weighted by atomic mass is 32.2. The molecule has 0 unspecified atom stereocenters. The molecule has 2 aliphatic rings. The van der Waals surface area contributed by atoms with Crippen LogP contribution in [0.1, 0.15) is 37.7 Å². The molecule has 0 atom stereocenters. The zero-order chi connectivity index (χ0) is 14.5. The molecule has 3 heterocycles. The van der Waals surface area contributed by atoms with Gasteiger partial charge in [0.25, 0.3) is 0 Å². The molecular weight excluding hydrogens is 280 g/mol. The van der Waals surface area contributed by atoms with Crippen molar-refractivity contribution in [2.24, 2.45) is 0 Å². The third-order valence-electron chi connectivity index (χ3n) is 4.71. The fraction of sp³-hybridized carbons (Fsp3) is 0.765. The van der Waals surface area contributed by atoms with Crippen molar-refractivity contribution >= 4 is 11.8 Å². The van der Waals surface area contributed by atoms with Crippen molar-refractivity contribution in [1.29, 1.82) is 0 Å². The summed E-state index contributed by atoms with van der Waals surface area (Å²) in [5.74, 6) is 4.94. The smallest absolute Gasteiger partial charge is 0.118 e. The van der Waals surface area contributed by atoms with Gasteiger partial charge >= 0.3 is 0 Å². The fourth-order valence-corrected chi connectivity index (χ4v) is 4.43. The SMILES string of the molecule is CCCc1ccc(CN2CCC(N3CCSCC3)CC2)o1. The van der Waals surface area contributed by atoms with Crippen molar-refractivity contribution in [3.05, 3.63) is 23.7 Å². The Hall–Kier alpha value is -0.450. The van der Waals surface area contributed by atoms with Crippen molar-refractivity contribution in [2.75, 3.05) is 37.7 Å². The number of hydrogen-bond acceptors (Lipinski definition) is 4. The quantitative estimate of drug-likeness (QED) is 0.831. The molecule has 0 aromatic carbocycles. The van der Waals surface area contributed by atoms with Crippen LogP contribution < -0.4 is 0 Å². The highest BCUT2D eigenvalue weighted by molar-refractivity contribution is 7.99. The number of nitrogens with zero attached hydrogens (tertiary/aromatic N) is 2. The monoisotopic (exact) mass is 308 g/mol. The summed E-state index contributed by atoms with van der Waals surface area (Å²) in [6.45, 7) is 8.23. The first kappa shape index (κ1) is 15.4. The summed E-state index contributed by atoms with van der Waals surface area (Å²) in [5, 5.41) is 0. The molecule has 21 heavy (non-hydrogen) atoms. The summed E-state index contributed by atoms with van der Waals surface area (Å²) >= 11 is 2.11. The average Bonchev–Trinajstić information content (AvgIpc) is 2.97. The lowest BCUT2D eigenvalue weighted by molar-refractivity contribution is 0.108. The molecule has 2 aliphatic heterocycles. The molecule has 3 nitrogen and oxygen atoms in total. The fourth-order valence-electron chi connectivity index (χ4n) is 3.49. The topological polar surface area (TPSA) is 19.6 Å². The molecule has 0 radical (unpaired) electrons. The molecule has 0 bridgehead atoms. The first-order valence-electron chi connectivity index (χ1n) is 8.47. The first-order chi connectivity index (χ1) is 10.3. The van der Waals surface area contributed by atoms with E-state index in [2.05, 4.69) is 40.6 Å². The van der Waals surface area contributed by atoms with Crippen LogP contribution in [-0.4, -0.2) is 53.5 Å². The van der Waals surface area contributed by atoms with Gasteiger partial charge in [-0.3, -0.25) is 9.80 Å². The van der Waals surface area contributed by atoms with Crippen LogP contribution in [0.5, 0.6) is 0 Å². The van der Waals surface area contributed by atoms with Crippen LogP contribution in [0.2, 0.25) is 0 Å². The molecule has 4 heteroatoms. The average molecular weight is 308 g/mol. The van der Waals surface area contributed by atoms with Gasteiger partial charge in [0, 0.05) is 50.1 Å². The lowest BCUT2D eigenvalue weighted by Gasteiger charge is -2.39. The summed E-state index contributed by atoms with van der Waals surface area (Å²) < 4.78 is 5.92. The van der Waals surface area contributed by atoms with Gasteiger partial charge in [0.2, 0.25) is 0 Å². The molecular formula is C17H28N2OS.